The Balaban J connectivity index is 1.51. The van der Waals surface area contributed by atoms with E-state index in [1.807, 2.05) is 0 Å². The van der Waals surface area contributed by atoms with Crippen molar-refractivity contribution in [3.05, 3.63) is 88.7 Å². The van der Waals surface area contributed by atoms with E-state index in [1.165, 1.54) is 35.2 Å². The molecule has 0 radical (unpaired) electrons. The van der Waals surface area contributed by atoms with E-state index >= 15 is 0 Å². The molecule has 0 amide bonds. The minimum atomic E-state index is -0.307. The number of nitrogens with zero attached hydrogens (tertiary/aromatic N) is 2. The Kier molecular flexibility index (Phi) is 6.33. The fourth-order valence-corrected chi connectivity index (χ4v) is 4.26. The Morgan fingerprint density at radius 2 is 1.94 bits per heavy atom. The van der Waals surface area contributed by atoms with Gasteiger partial charge in [-0.3, -0.25) is 4.98 Å². The predicted molar refractivity (Wildman–Crippen MR) is 124 cm³/mol. The van der Waals surface area contributed by atoms with Crippen LogP contribution in [0.1, 0.15) is 45.1 Å². The average molecular weight is 416 g/mol. The minimum Gasteiger partial charge on any atom is -0.465 e. The highest BCUT2D eigenvalue weighted by Crippen LogP contribution is 2.32. The van der Waals surface area contributed by atoms with Crippen LogP contribution in [0.3, 0.4) is 0 Å². The molecule has 0 bridgehead atoms. The molecule has 0 saturated heterocycles. The molecule has 0 aliphatic carbocycles. The lowest BCUT2D eigenvalue weighted by Crippen LogP contribution is -2.30. The summed E-state index contributed by atoms with van der Waals surface area (Å²) in [4.78, 5) is 18.5. The van der Waals surface area contributed by atoms with Crippen LogP contribution < -0.4 is 10.2 Å². The van der Waals surface area contributed by atoms with Gasteiger partial charge < -0.3 is 15.0 Å². The molecule has 160 valence electrons. The van der Waals surface area contributed by atoms with Crippen molar-refractivity contribution in [1.29, 1.82) is 0 Å². The summed E-state index contributed by atoms with van der Waals surface area (Å²) in [5.74, 6) is -0.307. The van der Waals surface area contributed by atoms with Crippen LogP contribution in [0.15, 0.2) is 60.9 Å². The van der Waals surface area contributed by atoms with Crippen molar-refractivity contribution in [3.8, 4) is 0 Å². The highest BCUT2D eigenvalue weighted by Gasteiger charge is 2.21. The number of rotatable bonds is 6. The maximum absolute atomic E-state index is 12.1. The van der Waals surface area contributed by atoms with Crippen LogP contribution in [0.2, 0.25) is 0 Å². The quantitative estimate of drug-likeness (QED) is 0.588. The molecule has 1 atom stereocenters. The number of esters is 1. The number of carbonyl (C=O) groups excluding carboxylic acids is 1. The van der Waals surface area contributed by atoms with Gasteiger partial charge in [-0.2, -0.15) is 0 Å². The van der Waals surface area contributed by atoms with E-state index in [0.717, 1.165) is 31.4 Å². The lowest BCUT2D eigenvalue weighted by Gasteiger charge is -2.29. The number of hydrogen-bond donors (Lipinski definition) is 1. The summed E-state index contributed by atoms with van der Waals surface area (Å²) in [7, 11) is 3.53. The second-order valence-corrected chi connectivity index (χ2v) is 8.10. The zero-order valence-electron chi connectivity index (χ0n) is 18.4. The molecule has 0 fully saturated rings. The second kappa shape index (κ2) is 9.31. The standard InChI is InChI=1S/C26H29N3O2/c1-18-4-7-21(8-5-18)29(2)22-9-10-23-19(16-22)12-15-28-25(23)11-6-20-17-27-14-13-24(20)26(30)31-3/h4-5,7-10,13-14,16-17,25,28H,6,11-12,15H2,1-3H3/t25-/m1/s1. The number of nitrogens with one attached hydrogen (secondary N) is 1. The number of benzene rings is 2. The molecule has 2 aromatic carbocycles. The number of carbonyl (C=O) groups is 1. The van der Waals surface area contributed by atoms with Gasteiger partial charge in [0.05, 0.1) is 12.7 Å². The van der Waals surface area contributed by atoms with E-state index in [-0.39, 0.29) is 12.0 Å². The first-order chi connectivity index (χ1) is 15.1. The molecule has 4 rings (SSSR count). The van der Waals surface area contributed by atoms with Crippen molar-refractivity contribution < 1.29 is 9.53 Å². The Hall–Kier alpha value is -3.18. The monoisotopic (exact) mass is 415 g/mol. The van der Waals surface area contributed by atoms with Crippen LogP contribution >= 0.6 is 0 Å². The van der Waals surface area contributed by atoms with Gasteiger partial charge in [0.2, 0.25) is 0 Å². The topological polar surface area (TPSA) is 54.5 Å². The number of fused-ring (bicyclic) bond motifs is 1. The smallest absolute Gasteiger partial charge is 0.338 e. The number of anilines is 2. The van der Waals surface area contributed by atoms with Crippen molar-refractivity contribution in [3.63, 3.8) is 0 Å². The molecule has 5 nitrogen and oxygen atoms in total. The summed E-state index contributed by atoms with van der Waals surface area (Å²) in [5.41, 5.74) is 7.91. The molecule has 3 aromatic rings. The molecule has 1 aromatic heterocycles. The first kappa shape index (κ1) is 21.1. The number of aryl methyl sites for hydroxylation is 2. The van der Waals surface area contributed by atoms with Crippen LogP contribution in [0, 0.1) is 6.92 Å². The van der Waals surface area contributed by atoms with Gasteiger partial charge in [0.15, 0.2) is 0 Å². The van der Waals surface area contributed by atoms with Gasteiger partial charge in [-0.25, -0.2) is 4.79 Å². The van der Waals surface area contributed by atoms with Crippen LogP contribution in [0.4, 0.5) is 11.4 Å². The fourth-order valence-electron chi connectivity index (χ4n) is 4.26. The second-order valence-electron chi connectivity index (χ2n) is 8.10. The number of pyridine rings is 1. The van der Waals surface area contributed by atoms with Crippen molar-refractivity contribution >= 4 is 17.3 Å². The summed E-state index contributed by atoms with van der Waals surface area (Å²) < 4.78 is 4.92. The van der Waals surface area contributed by atoms with E-state index in [4.69, 9.17) is 4.74 Å². The highest BCUT2D eigenvalue weighted by molar-refractivity contribution is 5.90. The van der Waals surface area contributed by atoms with Crippen LogP contribution in [-0.4, -0.2) is 31.7 Å². The van der Waals surface area contributed by atoms with E-state index in [0.29, 0.717) is 5.56 Å². The molecule has 1 aliphatic rings. The summed E-state index contributed by atoms with van der Waals surface area (Å²) in [5, 5.41) is 3.64. The maximum Gasteiger partial charge on any atom is 0.338 e. The molecule has 1 aliphatic heterocycles. The molecule has 0 spiro atoms. The molecular formula is C26H29N3O2. The first-order valence-electron chi connectivity index (χ1n) is 10.7. The van der Waals surface area contributed by atoms with Gasteiger partial charge in [0, 0.05) is 36.9 Å². The molecule has 31 heavy (non-hydrogen) atoms. The van der Waals surface area contributed by atoms with Crippen molar-refractivity contribution in [2.45, 2.75) is 32.2 Å². The Labute approximate surface area is 184 Å². The molecule has 0 unspecified atom stereocenters. The molecule has 5 heteroatoms. The van der Waals surface area contributed by atoms with E-state index in [1.54, 1.807) is 18.5 Å². The van der Waals surface area contributed by atoms with Crippen molar-refractivity contribution in [1.82, 2.24) is 10.3 Å². The van der Waals surface area contributed by atoms with E-state index in [2.05, 4.69) is 71.6 Å². The highest BCUT2D eigenvalue weighted by atomic mass is 16.5. The van der Waals surface area contributed by atoms with E-state index < -0.39 is 0 Å². The zero-order valence-corrected chi connectivity index (χ0v) is 18.4. The Morgan fingerprint density at radius 1 is 1.16 bits per heavy atom. The minimum absolute atomic E-state index is 0.258. The summed E-state index contributed by atoms with van der Waals surface area (Å²) in [6, 6.07) is 17.4. The van der Waals surface area contributed by atoms with Gasteiger partial charge in [-0.1, -0.05) is 23.8 Å². The van der Waals surface area contributed by atoms with Gasteiger partial charge in [-0.15, -0.1) is 0 Å². The normalized spacial score (nSPS) is 15.3. The molecule has 0 saturated carbocycles. The van der Waals surface area contributed by atoms with Gasteiger partial charge in [0.25, 0.3) is 0 Å². The van der Waals surface area contributed by atoms with Crippen molar-refractivity contribution in [2.75, 3.05) is 25.6 Å². The maximum atomic E-state index is 12.1. The molecule has 1 N–H and O–H groups in total. The Morgan fingerprint density at radius 3 is 2.71 bits per heavy atom. The largest absolute Gasteiger partial charge is 0.465 e. The zero-order chi connectivity index (χ0) is 21.8. The third kappa shape index (κ3) is 4.62. The average Bonchev–Trinajstić information content (AvgIpc) is 2.82. The SMILES string of the molecule is COC(=O)c1ccncc1CC[C@H]1NCCc2cc(N(C)c3ccc(C)cc3)ccc21. The summed E-state index contributed by atoms with van der Waals surface area (Å²) in [6.07, 6.45) is 6.09. The first-order valence-corrected chi connectivity index (χ1v) is 10.7. The fraction of sp³-hybridized carbons (Fsp3) is 0.308. The number of aromatic nitrogens is 1. The van der Waals surface area contributed by atoms with Crippen LogP contribution in [0.25, 0.3) is 0 Å². The van der Waals surface area contributed by atoms with Crippen molar-refractivity contribution in [2.24, 2.45) is 0 Å². The van der Waals surface area contributed by atoms with Gasteiger partial charge in [-0.05, 0) is 79.8 Å². The van der Waals surface area contributed by atoms with Crippen LogP contribution in [-0.2, 0) is 17.6 Å². The number of hydrogen-bond acceptors (Lipinski definition) is 5. The van der Waals surface area contributed by atoms with Gasteiger partial charge >= 0.3 is 5.97 Å². The Bertz CT molecular complexity index is 1060. The molecular weight excluding hydrogens is 386 g/mol. The lowest BCUT2D eigenvalue weighted by atomic mass is 9.89. The van der Waals surface area contributed by atoms with Crippen LogP contribution in [0.5, 0.6) is 0 Å². The third-order valence-electron chi connectivity index (χ3n) is 6.11. The summed E-state index contributed by atoms with van der Waals surface area (Å²) >= 11 is 0. The summed E-state index contributed by atoms with van der Waals surface area (Å²) in [6.45, 7) is 3.06. The number of methoxy groups -OCH3 is 1. The van der Waals surface area contributed by atoms with E-state index in [9.17, 15) is 4.79 Å². The predicted octanol–water partition coefficient (Wildman–Crippen LogP) is 4.76. The number of ether oxygens (including phenoxy) is 1. The lowest BCUT2D eigenvalue weighted by molar-refractivity contribution is 0.0599. The van der Waals surface area contributed by atoms with Gasteiger partial charge in [0.1, 0.15) is 0 Å². The molecule has 2 heterocycles. The third-order valence-corrected chi connectivity index (χ3v) is 6.11.